The highest BCUT2D eigenvalue weighted by Gasteiger charge is 2.25. The van der Waals surface area contributed by atoms with Crippen molar-refractivity contribution in [3.63, 3.8) is 0 Å². The van der Waals surface area contributed by atoms with E-state index in [-0.39, 0.29) is 11.9 Å². The maximum atomic E-state index is 12.1. The number of rotatable bonds is 2. The number of carbonyl (C=O) groups is 2. The lowest BCUT2D eigenvalue weighted by atomic mass is 10.1. The van der Waals surface area contributed by atoms with E-state index in [4.69, 9.17) is 0 Å². The van der Waals surface area contributed by atoms with Gasteiger partial charge in [0.2, 0.25) is 5.91 Å². The summed E-state index contributed by atoms with van der Waals surface area (Å²) in [5, 5.41) is 6.94. The van der Waals surface area contributed by atoms with Gasteiger partial charge in [-0.1, -0.05) is 0 Å². The van der Waals surface area contributed by atoms with Crippen LogP contribution < -0.4 is 15.5 Å². The Balaban J connectivity index is 1.71. The van der Waals surface area contributed by atoms with Crippen LogP contribution in [0.2, 0.25) is 0 Å². The van der Waals surface area contributed by atoms with Crippen molar-refractivity contribution in [2.24, 2.45) is 0 Å². The summed E-state index contributed by atoms with van der Waals surface area (Å²) in [6.07, 6.45) is 4.79. The van der Waals surface area contributed by atoms with Gasteiger partial charge in [-0.05, 0) is 56.6 Å². The summed E-state index contributed by atoms with van der Waals surface area (Å²) < 4.78 is 2.38. The Hall–Kier alpha value is -2.34. The Morgan fingerprint density at radius 3 is 2.71 bits per heavy atom. The summed E-state index contributed by atoms with van der Waals surface area (Å²) in [4.78, 5) is 25.1. The van der Waals surface area contributed by atoms with Gasteiger partial charge in [0, 0.05) is 36.3 Å². The molecule has 2 aliphatic rings. The molecule has 3 amide bonds. The van der Waals surface area contributed by atoms with Gasteiger partial charge in [-0.15, -0.1) is 0 Å². The Morgan fingerprint density at radius 1 is 1.17 bits per heavy atom. The Morgan fingerprint density at radius 2 is 1.96 bits per heavy atom. The van der Waals surface area contributed by atoms with Gasteiger partial charge < -0.3 is 9.88 Å². The molecular formula is C18H22N4O2. The van der Waals surface area contributed by atoms with Crippen LogP contribution in [-0.2, 0) is 4.79 Å². The number of piperidine rings is 1. The minimum Gasteiger partial charge on any atom is -0.344 e. The molecule has 1 aromatic heterocycles. The number of imide groups is 1. The minimum atomic E-state index is -0.331. The summed E-state index contributed by atoms with van der Waals surface area (Å²) in [5.74, 6) is -0.203. The largest absolute Gasteiger partial charge is 0.344 e. The maximum absolute atomic E-state index is 12.1. The van der Waals surface area contributed by atoms with Crippen LogP contribution in [-0.4, -0.2) is 36.1 Å². The number of aromatic nitrogens is 1. The molecule has 0 saturated carbocycles. The number of carbonyl (C=O) groups excluding carboxylic acids is 2. The molecule has 6 heteroatoms. The molecule has 126 valence electrons. The van der Waals surface area contributed by atoms with Crippen LogP contribution in [0.1, 0.15) is 30.9 Å². The van der Waals surface area contributed by atoms with Crippen molar-refractivity contribution in [3.05, 3.63) is 30.0 Å². The van der Waals surface area contributed by atoms with Crippen molar-refractivity contribution in [1.29, 1.82) is 0 Å². The van der Waals surface area contributed by atoms with Crippen molar-refractivity contribution in [2.45, 2.75) is 32.2 Å². The lowest BCUT2D eigenvalue weighted by Crippen LogP contribution is -2.49. The molecule has 2 saturated heterocycles. The van der Waals surface area contributed by atoms with Crippen molar-refractivity contribution in [3.8, 4) is 0 Å². The van der Waals surface area contributed by atoms with Gasteiger partial charge in [-0.3, -0.25) is 15.0 Å². The zero-order chi connectivity index (χ0) is 16.7. The number of urea groups is 1. The number of aryl methyl sites for hydroxylation is 1. The van der Waals surface area contributed by atoms with Gasteiger partial charge in [0.25, 0.3) is 0 Å². The fourth-order valence-electron chi connectivity index (χ4n) is 3.86. The smallest absolute Gasteiger partial charge is 0.328 e. The van der Waals surface area contributed by atoms with E-state index in [1.54, 1.807) is 4.90 Å². The second-order valence-corrected chi connectivity index (χ2v) is 6.66. The van der Waals surface area contributed by atoms with E-state index in [0.29, 0.717) is 19.0 Å². The quantitative estimate of drug-likeness (QED) is 0.890. The van der Waals surface area contributed by atoms with Gasteiger partial charge in [0.05, 0.1) is 5.52 Å². The highest BCUT2D eigenvalue weighted by molar-refractivity contribution is 6.06. The lowest BCUT2D eigenvalue weighted by Gasteiger charge is -2.28. The number of nitrogens with one attached hydrogen (secondary N) is 2. The third kappa shape index (κ3) is 2.57. The van der Waals surface area contributed by atoms with Crippen LogP contribution in [0, 0.1) is 6.92 Å². The lowest BCUT2D eigenvalue weighted by molar-refractivity contribution is -0.120. The highest BCUT2D eigenvalue weighted by Crippen LogP contribution is 2.31. The van der Waals surface area contributed by atoms with Crippen LogP contribution in [0.5, 0.6) is 0 Å². The summed E-state index contributed by atoms with van der Waals surface area (Å²) in [7, 11) is 0. The summed E-state index contributed by atoms with van der Waals surface area (Å²) in [6, 6.07) is 6.43. The SMILES string of the molecule is Cc1cc(N2CCC(=O)NC2=O)cc2ccn(C3CCNCC3)c12. The average molecular weight is 326 g/mol. The first-order valence-corrected chi connectivity index (χ1v) is 8.57. The number of amides is 3. The molecule has 3 heterocycles. The summed E-state index contributed by atoms with van der Waals surface area (Å²) in [6.45, 7) is 4.65. The van der Waals surface area contributed by atoms with E-state index in [9.17, 15) is 9.59 Å². The Kier molecular flexibility index (Phi) is 3.76. The second-order valence-electron chi connectivity index (χ2n) is 6.66. The van der Waals surface area contributed by atoms with Crippen molar-refractivity contribution in [2.75, 3.05) is 24.5 Å². The molecule has 0 aliphatic carbocycles. The average Bonchev–Trinajstić information content (AvgIpc) is 3.00. The predicted octanol–water partition coefficient (Wildman–Crippen LogP) is 2.32. The van der Waals surface area contributed by atoms with Crippen molar-refractivity contribution in [1.82, 2.24) is 15.2 Å². The normalized spacial score (nSPS) is 19.8. The monoisotopic (exact) mass is 326 g/mol. The van der Waals surface area contributed by atoms with E-state index in [1.165, 1.54) is 5.52 Å². The molecule has 0 spiro atoms. The van der Waals surface area contributed by atoms with Gasteiger partial charge in [0.1, 0.15) is 0 Å². The molecule has 0 radical (unpaired) electrons. The van der Waals surface area contributed by atoms with Crippen LogP contribution in [0.25, 0.3) is 10.9 Å². The zero-order valence-corrected chi connectivity index (χ0v) is 13.8. The number of nitrogens with zero attached hydrogens (tertiary/aromatic N) is 2. The molecule has 1 aromatic carbocycles. The molecule has 2 aromatic rings. The maximum Gasteiger partial charge on any atom is 0.328 e. The fraction of sp³-hybridized carbons (Fsp3) is 0.444. The standard InChI is InChI=1S/C18H22N4O2/c1-12-10-15(22-9-5-16(23)20-18(22)24)11-13-4-8-21(17(12)13)14-2-6-19-7-3-14/h4,8,10-11,14,19H,2-3,5-7,9H2,1H3,(H,20,23,24). The molecular weight excluding hydrogens is 304 g/mol. The first-order chi connectivity index (χ1) is 11.6. The Labute approximate surface area is 140 Å². The molecule has 2 fully saturated rings. The second kappa shape index (κ2) is 5.94. The Bertz CT molecular complexity index is 805. The topological polar surface area (TPSA) is 66.4 Å². The third-order valence-corrected chi connectivity index (χ3v) is 5.06. The fourth-order valence-corrected chi connectivity index (χ4v) is 3.86. The summed E-state index contributed by atoms with van der Waals surface area (Å²) in [5.41, 5.74) is 3.27. The van der Waals surface area contributed by atoms with Crippen molar-refractivity contribution < 1.29 is 9.59 Å². The molecule has 0 atom stereocenters. The highest BCUT2D eigenvalue weighted by atomic mass is 16.2. The first kappa shape index (κ1) is 15.2. The van der Waals surface area contributed by atoms with E-state index in [2.05, 4.69) is 46.5 Å². The number of fused-ring (bicyclic) bond motifs is 1. The minimum absolute atomic E-state index is 0.203. The zero-order valence-electron chi connectivity index (χ0n) is 13.8. The molecule has 0 bridgehead atoms. The molecule has 2 N–H and O–H groups in total. The van der Waals surface area contributed by atoms with E-state index < -0.39 is 0 Å². The van der Waals surface area contributed by atoms with E-state index >= 15 is 0 Å². The van der Waals surface area contributed by atoms with Crippen LogP contribution in [0.15, 0.2) is 24.4 Å². The van der Waals surface area contributed by atoms with Gasteiger partial charge in [-0.2, -0.15) is 0 Å². The third-order valence-electron chi connectivity index (χ3n) is 5.06. The molecule has 6 nitrogen and oxygen atoms in total. The van der Waals surface area contributed by atoms with Gasteiger partial charge >= 0.3 is 6.03 Å². The molecule has 24 heavy (non-hydrogen) atoms. The molecule has 2 aliphatic heterocycles. The first-order valence-electron chi connectivity index (χ1n) is 8.57. The molecule has 4 rings (SSSR count). The molecule has 0 unspecified atom stereocenters. The predicted molar refractivity (Wildman–Crippen MR) is 93.3 cm³/mol. The number of anilines is 1. The van der Waals surface area contributed by atoms with Gasteiger partial charge in [0.15, 0.2) is 0 Å². The number of benzene rings is 1. The number of hydrogen-bond acceptors (Lipinski definition) is 3. The van der Waals surface area contributed by atoms with Crippen LogP contribution in [0.4, 0.5) is 10.5 Å². The van der Waals surface area contributed by atoms with Crippen LogP contribution >= 0.6 is 0 Å². The van der Waals surface area contributed by atoms with Crippen molar-refractivity contribution >= 4 is 28.5 Å². The van der Waals surface area contributed by atoms with E-state index in [1.807, 2.05) is 0 Å². The van der Waals surface area contributed by atoms with Crippen LogP contribution in [0.3, 0.4) is 0 Å². The summed E-state index contributed by atoms with van der Waals surface area (Å²) >= 11 is 0. The number of hydrogen-bond donors (Lipinski definition) is 2. The van der Waals surface area contributed by atoms with Gasteiger partial charge in [-0.25, -0.2) is 4.79 Å². The van der Waals surface area contributed by atoms with E-state index in [0.717, 1.165) is 42.6 Å².